The number of hydrogen-bond donors (Lipinski definition) is 0. The summed E-state index contributed by atoms with van der Waals surface area (Å²) in [4.78, 5) is 11.1. The number of carbonyl (C=O) groups excluding carboxylic acids is 1. The van der Waals surface area contributed by atoms with Crippen molar-refractivity contribution in [2.75, 3.05) is 7.11 Å². The van der Waals surface area contributed by atoms with Gasteiger partial charge >= 0.3 is 5.97 Å². The molecule has 4 unspecified atom stereocenters. The molecule has 2 aliphatic rings. The molecule has 0 radical (unpaired) electrons. The number of esters is 1. The highest BCUT2D eigenvalue weighted by atomic mass is 16.6. The molecule has 1 aliphatic heterocycles. The first-order chi connectivity index (χ1) is 6.20. The molecule has 0 aromatic carbocycles. The average molecular weight is 184 g/mol. The molecule has 3 heteroatoms. The lowest BCUT2D eigenvalue weighted by molar-refractivity contribution is -0.142. The summed E-state index contributed by atoms with van der Waals surface area (Å²) < 4.78 is 10.1. The molecule has 1 aliphatic carbocycles. The number of fused-ring (bicyclic) bond motifs is 1. The highest BCUT2D eigenvalue weighted by molar-refractivity contribution is 5.69. The lowest BCUT2D eigenvalue weighted by atomic mass is 9.79. The van der Waals surface area contributed by atoms with E-state index in [0.29, 0.717) is 30.5 Å². The molecular weight excluding hydrogens is 168 g/mol. The highest BCUT2D eigenvalue weighted by Gasteiger charge is 2.47. The first-order valence-corrected chi connectivity index (χ1v) is 4.93. The van der Waals surface area contributed by atoms with Crippen LogP contribution in [0.5, 0.6) is 0 Å². The molecule has 0 amide bonds. The Hall–Kier alpha value is -0.570. The lowest BCUT2D eigenvalue weighted by Crippen LogP contribution is -2.25. The molecule has 3 nitrogen and oxygen atoms in total. The van der Waals surface area contributed by atoms with Crippen molar-refractivity contribution in [3.63, 3.8) is 0 Å². The van der Waals surface area contributed by atoms with E-state index >= 15 is 0 Å². The Morgan fingerprint density at radius 1 is 1.46 bits per heavy atom. The van der Waals surface area contributed by atoms with E-state index in [9.17, 15) is 4.79 Å². The van der Waals surface area contributed by atoms with Gasteiger partial charge in [-0.25, -0.2) is 0 Å². The second kappa shape index (κ2) is 3.29. The van der Waals surface area contributed by atoms with Gasteiger partial charge < -0.3 is 9.47 Å². The van der Waals surface area contributed by atoms with Gasteiger partial charge in [-0.15, -0.1) is 0 Å². The maximum atomic E-state index is 11.1. The minimum absolute atomic E-state index is 0.0871. The van der Waals surface area contributed by atoms with Gasteiger partial charge in [0.1, 0.15) is 0 Å². The van der Waals surface area contributed by atoms with Gasteiger partial charge in [0.05, 0.1) is 19.3 Å². The third kappa shape index (κ3) is 1.85. The predicted octanol–water partition coefficient (Wildman–Crippen LogP) is 1.36. The van der Waals surface area contributed by atoms with Crippen molar-refractivity contribution >= 4 is 5.97 Å². The molecule has 1 heterocycles. The monoisotopic (exact) mass is 184 g/mol. The van der Waals surface area contributed by atoms with Crippen LogP contribution < -0.4 is 0 Å². The Morgan fingerprint density at radius 3 is 2.85 bits per heavy atom. The van der Waals surface area contributed by atoms with Crippen LogP contribution in [0.15, 0.2) is 0 Å². The maximum absolute atomic E-state index is 11.1. The minimum atomic E-state index is -0.0871. The van der Waals surface area contributed by atoms with Crippen LogP contribution in [0.2, 0.25) is 0 Å². The summed E-state index contributed by atoms with van der Waals surface area (Å²) in [6.45, 7) is 2.20. The van der Waals surface area contributed by atoms with Crippen LogP contribution in [0.25, 0.3) is 0 Å². The Bertz CT molecular complexity index is 214. The van der Waals surface area contributed by atoms with E-state index in [0.717, 1.165) is 12.8 Å². The zero-order valence-electron chi connectivity index (χ0n) is 8.16. The third-order valence-corrected chi connectivity index (χ3v) is 3.29. The Kier molecular flexibility index (Phi) is 2.28. The van der Waals surface area contributed by atoms with E-state index in [-0.39, 0.29) is 5.97 Å². The van der Waals surface area contributed by atoms with Crippen molar-refractivity contribution in [1.29, 1.82) is 0 Å². The topological polar surface area (TPSA) is 38.8 Å². The quantitative estimate of drug-likeness (QED) is 0.480. The fourth-order valence-corrected chi connectivity index (χ4v) is 2.27. The van der Waals surface area contributed by atoms with E-state index in [1.807, 2.05) is 0 Å². The van der Waals surface area contributed by atoms with Crippen LogP contribution in [0, 0.1) is 11.8 Å². The van der Waals surface area contributed by atoms with Crippen molar-refractivity contribution in [1.82, 2.24) is 0 Å². The standard InChI is InChI=1S/C10H16O3/c1-6-3-8-9(13-8)4-7(6)5-10(11)12-2/h6-9H,3-5H2,1-2H3. The maximum Gasteiger partial charge on any atom is 0.305 e. The van der Waals surface area contributed by atoms with E-state index in [2.05, 4.69) is 11.7 Å². The smallest absolute Gasteiger partial charge is 0.305 e. The molecule has 1 saturated heterocycles. The second-order valence-corrected chi connectivity index (χ2v) is 4.20. The predicted molar refractivity (Wildman–Crippen MR) is 47.2 cm³/mol. The summed E-state index contributed by atoms with van der Waals surface area (Å²) in [7, 11) is 1.45. The first kappa shape index (κ1) is 9.00. The fourth-order valence-electron chi connectivity index (χ4n) is 2.27. The van der Waals surface area contributed by atoms with Crippen LogP contribution in [0.4, 0.5) is 0 Å². The molecule has 0 bridgehead atoms. The van der Waals surface area contributed by atoms with Gasteiger partial charge in [0.25, 0.3) is 0 Å². The van der Waals surface area contributed by atoms with Gasteiger partial charge in [-0.1, -0.05) is 6.92 Å². The molecule has 0 N–H and O–H groups in total. The van der Waals surface area contributed by atoms with Crippen LogP contribution in [-0.4, -0.2) is 25.3 Å². The van der Waals surface area contributed by atoms with Crippen molar-refractivity contribution in [2.45, 2.75) is 38.4 Å². The molecule has 74 valence electrons. The number of carbonyl (C=O) groups is 1. The molecular formula is C10H16O3. The third-order valence-electron chi connectivity index (χ3n) is 3.29. The van der Waals surface area contributed by atoms with Crippen molar-refractivity contribution in [2.24, 2.45) is 11.8 Å². The largest absolute Gasteiger partial charge is 0.469 e. The SMILES string of the molecule is COC(=O)CC1CC2OC2CC1C. The summed E-state index contributed by atoms with van der Waals surface area (Å²) >= 11 is 0. The summed E-state index contributed by atoms with van der Waals surface area (Å²) in [5.74, 6) is 0.981. The van der Waals surface area contributed by atoms with Gasteiger partial charge in [-0.2, -0.15) is 0 Å². The highest BCUT2D eigenvalue weighted by Crippen LogP contribution is 2.43. The number of methoxy groups -OCH3 is 1. The number of epoxide rings is 1. The normalized spacial score (nSPS) is 42.3. The summed E-state index contributed by atoms with van der Waals surface area (Å²) in [5.41, 5.74) is 0. The van der Waals surface area contributed by atoms with Gasteiger partial charge in [0.15, 0.2) is 0 Å². The van der Waals surface area contributed by atoms with Crippen LogP contribution in [0.3, 0.4) is 0 Å². The summed E-state index contributed by atoms with van der Waals surface area (Å²) in [6.07, 6.45) is 3.67. The Morgan fingerprint density at radius 2 is 2.15 bits per heavy atom. The van der Waals surface area contributed by atoms with Crippen LogP contribution in [0.1, 0.15) is 26.2 Å². The second-order valence-electron chi connectivity index (χ2n) is 4.20. The molecule has 4 atom stereocenters. The zero-order chi connectivity index (χ0) is 9.42. The zero-order valence-corrected chi connectivity index (χ0v) is 8.16. The van der Waals surface area contributed by atoms with Crippen molar-refractivity contribution in [3.8, 4) is 0 Å². The molecule has 0 aromatic rings. The van der Waals surface area contributed by atoms with Gasteiger partial charge in [-0.3, -0.25) is 4.79 Å². The lowest BCUT2D eigenvalue weighted by Gasteiger charge is -2.24. The average Bonchev–Trinajstić information content (AvgIpc) is 2.82. The van der Waals surface area contributed by atoms with Crippen molar-refractivity contribution < 1.29 is 14.3 Å². The van der Waals surface area contributed by atoms with Gasteiger partial charge in [0, 0.05) is 6.42 Å². The molecule has 0 aromatic heterocycles. The van der Waals surface area contributed by atoms with Gasteiger partial charge in [0.2, 0.25) is 0 Å². The van der Waals surface area contributed by atoms with E-state index in [1.54, 1.807) is 0 Å². The summed E-state index contributed by atoms with van der Waals surface area (Å²) in [5, 5.41) is 0. The van der Waals surface area contributed by atoms with E-state index < -0.39 is 0 Å². The minimum Gasteiger partial charge on any atom is -0.469 e. The van der Waals surface area contributed by atoms with E-state index in [4.69, 9.17) is 4.74 Å². The molecule has 2 fully saturated rings. The fraction of sp³-hybridized carbons (Fsp3) is 0.900. The molecule has 13 heavy (non-hydrogen) atoms. The first-order valence-electron chi connectivity index (χ1n) is 4.93. The van der Waals surface area contributed by atoms with E-state index in [1.165, 1.54) is 7.11 Å². The van der Waals surface area contributed by atoms with Crippen molar-refractivity contribution in [3.05, 3.63) is 0 Å². The number of rotatable bonds is 2. The Labute approximate surface area is 78.4 Å². The summed E-state index contributed by atoms with van der Waals surface area (Å²) in [6, 6.07) is 0. The van der Waals surface area contributed by atoms with Crippen LogP contribution in [-0.2, 0) is 14.3 Å². The molecule has 2 rings (SSSR count). The van der Waals surface area contributed by atoms with Crippen LogP contribution >= 0.6 is 0 Å². The number of ether oxygens (including phenoxy) is 2. The number of hydrogen-bond acceptors (Lipinski definition) is 3. The molecule has 1 saturated carbocycles. The Balaban J connectivity index is 1.86. The van der Waals surface area contributed by atoms with Gasteiger partial charge in [-0.05, 0) is 24.7 Å². The molecule has 0 spiro atoms.